The molecule has 3 aromatic rings. The molecule has 2 fully saturated rings. The van der Waals surface area contributed by atoms with Crippen LogP contribution >= 0.6 is 0 Å². The number of nitrogens with two attached hydrogens (primary N) is 1. The highest BCUT2D eigenvalue weighted by Gasteiger charge is 2.37. The lowest BCUT2D eigenvalue weighted by Gasteiger charge is -2.28. The number of nitrogen functional groups attached to an aromatic ring is 1. The predicted molar refractivity (Wildman–Crippen MR) is 140 cm³/mol. The summed E-state index contributed by atoms with van der Waals surface area (Å²) in [7, 11) is 0. The third-order valence-electron chi connectivity index (χ3n) is 7.42. The number of ether oxygens (including phenoxy) is 1. The number of halogens is 4. The maximum atomic E-state index is 13.9. The number of carbonyl (C=O) groups excluding carboxylic acids is 1. The highest BCUT2D eigenvalue weighted by atomic mass is 19.4. The number of alkyl halides is 3. The van der Waals surface area contributed by atoms with Crippen LogP contribution in [0, 0.1) is 5.82 Å². The topological polar surface area (TPSA) is 71.7 Å². The van der Waals surface area contributed by atoms with E-state index in [4.69, 9.17) is 10.5 Å². The van der Waals surface area contributed by atoms with E-state index in [1.807, 2.05) is 4.90 Å². The Morgan fingerprint density at radius 1 is 1.03 bits per heavy atom. The van der Waals surface area contributed by atoms with Gasteiger partial charge < -0.3 is 20.3 Å². The zero-order valence-corrected chi connectivity index (χ0v) is 21.4. The van der Waals surface area contributed by atoms with Gasteiger partial charge in [-0.1, -0.05) is 24.3 Å². The van der Waals surface area contributed by atoms with Crippen LogP contribution in [0.2, 0.25) is 0 Å². The van der Waals surface area contributed by atoms with E-state index >= 15 is 0 Å². The number of likely N-dealkylation sites (tertiary alicyclic amines) is 2. The second kappa shape index (κ2) is 11.2. The van der Waals surface area contributed by atoms with Crippen molar-refractivity contribution in [2.75, 3.05) is 31.9 Å². The second-order valence-corrected chi connectivity index (χ2v) is 10.0. The molecule has 1 unspecified atom stereocenters. The maximum absolute atomic E-state index is 13.9. The fraction of sp³-hybridized carbons (Fsp3) is 0.379. The summed E-state index contributed by atoms with van der Waals surface area (Å²) in [6.07, 6.45) is 1.11. The lowest BCUT2D eigenvalue weighted by Crippen LogP contribution is -2.42. The van der Waals surface area contributed by atoms with Crippen LogP contribution in [0.4, 0.5) is 23.4 Å². The summed E-state index contributed by atoms with van der Waals surface area (Å²) >= 11 is 0. The molecule has 3 heterocycles. The number of hydrogen-bond donors (Lipinski definition) is 1. The van der Waals surface area contributed by atoms with Crippen LogP contribution in [0.5, 0.6) is 5.75 Å². The number of carbonyl (C=O) groups is 1. The molecule has 0 aliphatic carbocycles. The van der Waals surface area contributed by atoms with E-state index in [0.29, 0.717) is 11.1 Å². The van der Waals surface area contributed by atoms with Crippen molar-refractivity contribution < 1.29 is 27.1 Å². The molecule has 1 aromatic heterocycles. The van der Waals surface area contributed by atoms with Crippen LogP contribution in [0.25, 0.3) is 11.1 Å². The van der Waals surface area contributed by atoms with Crippen molar-refractivity contribution in [2.24, 2.45) is 0 Å². The Hall–Kier alpha value is -3.66. The van der Waals surface area contributed by atoms with Crippen LogP contribution in [-0.4, -0.2) is 52.9 Å². The van der Waals surface area contributed by atoms with E-state index in [1.165, 1.54) is 25.1 Å². The van der Waals surface area contributed by atoms with Crippen LogP contribution in [0.15, 0.2) is 54.7 Å². The average Bonchev–Trinajstić information content (AvgIpc) is 3.60. The van der Waals surface area contributed by atoms with Gasteiger partial charge in [0.2, 0.25) is 0 Å². The molecular formula is C29H30F4N4O2. The monoisotopic (exact) mass is 542 g/mol. The number of rotatable bonds is 7. The zero-order valence-electron chi connectivity index (χ0n) is 21.4. The van der Waals surface area contributed by atoms with Gasteiger partial charge in [0.15, 0.2) is 11.6 Å². The number of amides is 1. The molecule has 2 aromatic carbocycles. The van der Waals surface area contributed by atoms with E-state index in [1.54, 1.807) is 30.3 Å². The van der Waals surface area contributed by atoms with Crippen molar-refractivity contribution in [1.82, 2.24) is 14.8 Å². The Bertz CT molecular complexity index is 1320. The average molecular weight is 543 g/mol. The minimum atomic E-state index is -4.86. The standard InChI is InChI=1S/C29H30F4N4O2/c30-24-7-3-5-21(26(24)29(31,32)33)18-39-25-15-22(16-35-27(25)34)19-8-10-20(11-9-19)28(38)37-14-4-6-23(37)17-36-12-1-2-13-36/h3,5,7-11,15-16,23H,1-2,4,6,12-14,17-18H2,(H2,34,35). The van der Waals surface area contributed by atoms with Gasteiger partial charge in [0.25, 0.3) is 5.91 Å². The van der Waals surface area contributed by atoms with Crippen LogP contribution in [0.3, 0.4) is 0 Å². The van der Waals surface area contributed by atoms with Gasteiger partial charge >= 0.3 is 6.18 Å². The van der Waals surface area contributed by atoms with Crippen molar-refractivity contribution in [2.45, 2.75) is 44.5 Å². The Labute approximate surface area is 224 Å². The molecule has 0 radical (unpaired) electrons. The molecule has 5 rings (SSSR count). The fourth-order valence-corrected chi connectivity index (χ4v) is 5.42. The highest BCUT2D eigenvalue weighted by Crippen LogP contribution is 2.35. The zero-order chi connectivity index (χ0) is 27.6. The molecule has 2 aliphatic rings. The van der Waals surface area contributed by atoms with Crippen molar-refractivity contribution in [3.63, 3.8) is 0 Å². The molecule has 1 atom stereocenters. The van der Waals surface area contributed by atoms with Gasteiger partial charge in [-0.3, -0.25) is 4.79 Å². The first-order chi connectivity index (χ1) is 18.7. The van der Waals surface area contributed by atoms with Gasteiger partial charge in [0, 0.05) is 42.0 Å². The third-order valence-corrected chi connectivity index (χ3v) is 7.42. The minimum Gasteiger partial charge on any atom is -0.485 e. The summed E-state index contributed by atoms with van der Waals surface area (Å²) in [5.74, 6) is -1.28. The number of hydrogen-bond acceptors (Lipinski definition) is 5. The molecule has 0 saturated carbocycles. The number of anilines is 1. The van der Waals surface area contributed by atoms with Crippen molar-refractivity contribution in [1.29, 1.82) is 0 Å². The van der Waals surface area contributed by atoms with Crippen LogP contribution in [-0.2, 0) is 12.8 Å². The second-order valence-electron chi connectivity index (χ2n) is 10.0. The summed E-state index contributed by atoms with van der Waals surface area (Å²) < 4.78 is 59.5. The Kier molecular flexibility index (Phi) is 7.74. The van der Waals surface area contributed by atoms with E-state index < -0.39 is 24.2 Å². The molecule has 39 heavy (non-hydrogen) atoms. The van der Waals surface area contributed by atoms with E-state index in [2.05, 4.69) is 9.88 Å². The van der Waals surface area contributed by atoms with Gasteiger partial charge in [-0.05, 0) is 68.6 Å². The molecular weight excluding hydrogens is 512 g/mol. The summed E-state index contributed by atoms with van der Waals surface area (Å²) in [6, 6.07) is 12.0. The fourth-order valence-electron chi connectivity index (χ4n) is 5.42. The van der Waals surface area contributed by atoms with Gasteiger partial charge in [0.1, 0.15) is 12.4 Å². The number of aromatic nitrogens is 1. The van der Waals surface area contributed by atoms with Gasteiger partial charge in [0.05, 0.1) is 5.56 Å². The Morgan fingerprint density at radius 2 is 1.77 bits per heavy atom. The Morgan fingerprint density at radius 3 is 2.49 bits per heavy atom. The van der Waals surface area contributed by atoms with E-state index in [9.17, 15) is 22.4 Å². The predicted octanol–water partition coefficient (Wildman–Crippen LogP) is 5.77. The molecule has 2 aliphatic heterocycles. The molecule has 0 bridgehead atoms. The lowest BCUT2D eigenvalue weighted by molar-refractivity contribution is -0.141. The Balaban J connectivity index is 1.29. The number of benzene rings is 2. The maximum Gasteiger partial charge on any atom is 0.419 e. The largest absolute Gasteiger partial charge is 0.485 e. The molecule has 206 valence electrons. The molecule has 6 nitrogen and oxygen atoms in total. The third kappa shape index (κ3) is 6.00. The number of pyridine rings is 1. The summed E-state index contributed by atoms with van der Waals surface area (Å²) in [5.41, 5.74) is 6.13. The lowest BCUT2D eigenvalue weighted by atomic mass is 10.0. The quantitative estimate of drug-likeness (QED) is 0.384. The van der Waals surface area contributed by atoms with Gasteiger partial charge in [-0.15, -0.1) is 0 Å². The minimum absolute atomic E-state index is 0.00594. The van der Waals surface area contributed by atoms with Crippen molar-refractivity contribution in [3.05, 3.63) is 77.2 Å². The first kappa shape index (κ1) is 26.9. The summed E-state index contributed by atoms with van der Waals surface area (Å²) in [4.78, 5) is 21.8. The summed E-state index contributed by atoms with van der Waals surface area (Å²) in [6.45, 7) is 3.33. The van der Waals surface area contributed by atoms with Crippen LogP contribution in [0.1, 0.15) is 47.2 Å². The van der Waals surface area contributed by atoms with Crippen molar-refractivity contribution in [3.8, 4) is 16.9 Å². The first-order valence-electron chi connectivity index (χ1n) is 13.1. The molecule has 10 heteroatoms. The number of nitrogens with zero attached hydrogens (tertiary/aromatic N) is 3. The van der Waals surface area contributed by atoms with Crippen LogP contribution < -0.4 is 10.5 Å². The van der Waals surface area contributed by atoms with E-state index in [-0.39, 0.29) is 29.1 Å². The van der Waals surface area contributed by atoms with Crippen molar-refractivity contribution >= 4 is 11.7 Å². The molecule has 2 saturated heterocycles. The van der Waals surface area contributed by atoms with E-state index in [0.717, 1.165) is 56.7 Å². The normalized spacial score (nSPS) is 18.1. The SMILES string of the molecule is Nc1ncc(-c2ccc(C(=O)N3CCCC3CN3CCCC3)cc2)cc1OCc1cccc(F)c1C(F)(F)F. The summed E-state index contributed by atoms with van der Waals surface area (Å²) in [5, 5.41) is 0. The van der Waals surface area contributed by atoms with Gasteiger partial charge in [-0.2, -0.15) is 13.2 Å². The smallest absolute Gasteiger partial charge is 0.419 e. The molecule has 2 N–H and O–H groups in total. The first-order valence-corrected chi connectivity index (χ1v) is 13.1. The molecule has 0 spiro atoms. The molecule has 1 amide bonds. The highest BCUT2D eigenvalue weighted by molar-refractivity contribution is 5.95. The van der Waals surface area contributed by atoms with Gasteiger partial charge in [-0.25, -0.2) is 9.37 Å².